The van der Waals surface area contributed by atoms with Gasteiger partial charge in [0.15, 0.2) is 0 Å². The Morgan fingerprint density at radius 1 is 1.03 bits per heavy atom. The van der Waals surface area contributed by atoms with Gasteiger partial charge >= 0.3 is 0 Å². The van der Waals surface area contributed by atoms with Crippen LogP contribution < -0.4 is 10.1 Å². The molecule has 2 aromatic carbocycles. The summed E-state index contributed by atoms with van der Waals surface area (Å²) in [6, 6.07) is 13.9. The summed E-state index contributed by atoms with van der Waals surface area (Å²) in [4.78, 5) is 12.7. The van der Waals surface area contributed by atoms with Crippen LogP contribution in [0.1, 0.15) is 38.2 Å². The predicted molar refractivity (Wildman–Crippen MR) is 114 cm³/mol. The number of ether oxygens (including phenoxy) is 1. The molecule has 1 saturated heterocycles. The first-order valence-electron chi connectivity index (χ1n) is 10.1. The molecule has 0 radical (unpaired) electrons. The molecule has 1 aliphatic heterocycles. The summed E-state index contributed by atoms with van der Waals surface area (Å²) in [5.74, 6) is 0.467. The maximum Gasteiger partial charge on any atom is 0.243 e. The number of nitrogens with zero attached hydrogens (tertiary/aromatic N) is 1. The van der Waals surface area contributed by atoms with E-state index in [0.29, 0.717) is 31.1 Å². The summed E-state index contributed by atoms with van der Waals surface area (Å²) >= 11 is 0. The monoisotopic (exact) mass is 416 g/mol. The molecule has 0 atom stereocenters. The molecule has 1 fully saturated rings. The highest BCUT2D eigenvalue weighted by molar-refractivity contribution is 7.89. The second kappa shape index (κ2) is 9.89. The average molecular weight is 417 g/mol. The zero-order chi connectivity index (χ0) is 20.7. The second-order valence-electron chi connectivity index (χ2n) is 7.18. The lowest BCUT2D eigenvalue weighted by molar-refractivity contribution is -0.115. The van der Waals surface area contributed by atoms with Gasteiger partial charge in [-0.15, -0.1) is 0 Å². The Bertz CT molecular complexity index is 920. The van der Waals surface area contributed by atoms with Crippen LogP contribution in [-0.2, 0) is 21.2 Å². The molecule has 0 unspecified atom stereocenters. The van der Waals surface area contributed by atoms with Crippen molar-refractivity contribution in [2.45, 2.75) is 43.9 Å². The Balaban J connectivity index is 1.63. The van der Waals surface area contributed by atoms with E-state index >= 15 is 0 Å². The van der Waals surface area contributed by atoms with Gasteiger partial charge in [-0.2, -0.15) is 4.31 Å². The van der Waals surface area contributed by atoms with E-state index in [2.05, 4.69) is 5.32 Å². The van der Waals surface area contributed by atoms with Crippen molar-refractivity contribution in [1.82, 2.24) is 4.31 Å². The van der Waals surface area contributed by atoms with Gasteiger partial charge in [-0.1, -0.05) is 37.6 Å². The van der Waals surface area contributed by atoms with Gasteiger partial charge in [0.2, 0.25) is 15.9 Å². The lowest BCUT2D eigenvalue weighted by Gasteiger charge is -2.25. The van der Waals surface area contributed by atoms with E-state index < -0.39 is 10.0 Å². The van der Waals surface area contributed by atoms with Crippen molar-refractivity contribution in [1.29, 1.82) is 0 Å². The number of hydrogen-bond donors (Lipinski definition) is 1. The molecule has 156 valence electrons. The molecule has 1 amide bonds. The van der Waals surface area contributed by atoms with E-state index in [9.17, 15) is 13.2 Å². The summed E-state index contributed by atoms with van der Waals surface area (Å²) in [5, 5.41) is 2.87. The largest absolute Gasteiger partial charge is 0.491 e. The zero-order valence-electron chi connectivity index (χ0n) is 16.8. The van der Waals surface area contributed by atoms with E-state index in [1.54, 1.807) is 34.6 Å². The number of rotatable bonds is 8. The minimum Gasteiger partial charge on any atom is -0.491 e. The number of anilines is 1. The fourth-order valence-electron chi connectivity index (χ4n) is 3.32. The number of para-hydroxylation sites is 2. The minimum atomic E-state index is -3.45. The van der Waals surface area contributed by atoms with E-state index in [-0.39, 0.29) is 17.2 Å². The Morgan fingerprint density at radius 2 is 1.72 bits per heavy atom. The first kappa shape index (κ1) is 21.3. The summed E-state index contributed by atoms with van der Waals surface area (Å²) in [6.45, 7) is 3.76. The van der Waals surface area contributed by atoms with Crippen molar-refractivity contribution >= 4 is 21.6 Å². The quantitative estimate of drug-likeness (QED) is 0.710. The normalized spacial score (nSPS) is 15.1. The van der Waals surface area contributed by atoms with Crippen molar-refractivity contribution in [2.24, 2.45) is 0 Å². The molecule has 2 aromatic rings. The van der Waals surface area contributed by atoms with Crippen LogP contribution in [0.3, 0.4) is 0 Å². The Hall–Kier alpha value is -2.38. The predicted octanol–water partition coefficient (Wildman–Crippen LogP) is 3.83. The average Bonchev–Trinajstić information content (AvgIpc) is 2.74. The number of carbonyl (C=O) groups excluding carboxylic acids is 1. The molecular weight excluding hydrogens is 388 g/mol. The van der Waals surface area contributed by atoms with Crippen molar-refractivity contribution in [3.63, 3.8) is 0 Å². The van der Waals surface area contributed by atoms with Crippen LogP contribution in [0.25, 0.3) is 0 Å². The summed E-state index contributed by atoms with van der Waals surface area (Å²) in [5.41, 5.74) is 1.39. The number of sulfonamides is 1. The van der Waals surface area contributed by atoms with Crippen molar-refractivity contribution in [2.75, 3.05) is 25.0 Å². The maximum absolute atomic E-state index is 12.7. The molecule has 0 bridgehead atoms. The number of piperidine rings is 1. The van der Waals surface area contributed by atoms with Crippen molar-refractivity contribution < 1.29 is 17.9 Å². The van der Waals surface area contributed by atoms with E-state index in [0.717, 1.165) is 31.2 Å². The Morgan fingerprint density at radius 3 is 2.41 bits per heavy atom. The maximum atomic E-state index is 12.7. The van der Waals surface area contributed by atoms with Crippen LogP contribution in [0.4, 0.5) is 5.69 Å². The van der Waals surface area contributed by atoms with Gasteiger partial charge in [0.25, 0.3) is 0 Å². The van der Waals surface area contributed by atoms with Gasteiger partial charge in [0, 0.05) is 13.1 Å². The molecule has 29 heavy (non-hydrogen) atoms. The highest BCUT2D eigenvalue weighted by atomic mass is 32.2. The van der Waals surface area contributed by atoms with Crippen LogP contribution in [0.15, 0.2) is 53.4 Å². The smallest absolute Gasteiger partial charge is 0.243 e. The van der Waals surface area contributed by atoms with Gasteiger partial charge in [0.1, 0.15) is 5.75 Å². The molecule has 1 N–H and O–H groups in total. The molecule has 0 spiro atoms. The first-order valence-corrected chi connectivity index (χ1v) is 11.6. The highest BCUT2D eigenvalue weighted by Crippen LogP contribution is 2.24. The van der Waals surface area contributed by atoms with Crippen LogP contribution in [0.5, 0.6) is 5.75 Å². The lowest BCUT2D eigenvalue weighted by atomic mass is 10.1. The van der Waals surface area contributed by atoms with Gasteiger partial charge in [-0.25, -0.2) is 8.42 Å². The van der Waals surface area contributed by atoms with Gasteiger partial charge in [0.05, 0.1) is 23.6 Å². The third-order valence-electron chi connectivity index (χ3n) is 4.86. The molecule has 3 rings (SSSR count). The highest BCUT2D eigenvalue weighted by Gasteiger charge is 2.25. The molecule has 0 aromatic heterocycles. The van der Waals surface area contributed by atoms with Crippen molar-refractivity contribution in [3.05, 3.63) is 54.1 Å². The lowest BCUT2D eigenvalue weighted by Crippen LogP contribution is -2.35. The van der Waals surface area contributed by atoms with Crippen LogP contribution in [-0.4, -0.2) is 38.3 Å². The van der Waals surface area contributed by atoms with Crippen LogP contribution in [0.2, 0.25) is 0 Å². The number of nitrogens with one attached hydrogen (secondary N) is 1. The number of carbonyl (C=O) groups is 1. The molecule has 6 nitrogen and oxygen atoms in total. The third-order valence-corrected chi connectivity index (χ3v) is 6.78. The van der Waals surface area contributed by atoms with E-state index in [1.807, 2.05) is 25.1 Å². The topological polar surface area (TPSA) is 75.7 Å². The van der Waals surface area contributed by atoms with Crippen LogP contribution in [0, 0.1) is 0 Å². The van der Waals surface area contributed by atoms with Crippen LogP contribution >= 0.6 is 0 Å². The van der Waals surface area contributed by atoms with E-state index in [4.69, 9.17) is 4.74 Å². The van der Waals surface area contributed by atoms with Crippen molar-refractivity contribution in [3.8, 4) is 5.75 Å². The Labute approximate surface area is 172 Å². The summed E-state index contributed by atoms with van der Waals surface area (Å²) in [7, 11) is -3.45. The Kier molecular flexibility index (Phi) is 7.28. The molecule has 0 saturated carbocycles. The zero-order valence-corrected chi connectivity index (χ0v) is 17.6. The third kappa shape index (κ3) is 5.58. The molecule has 7 heteroatoms. The fraction of sp³-hybridized carbons (Fsp3) is 0.409. The molecular formula is C22H28N2O4S. The van der Waals surface area contributed by atoms with E-state index in [1.165, 1.54) is 0 Å². The van der Waals surface area contributed by atoms with Gasteiger partial charge in [-0.05, 0) is 49.1 Å². The standard InChI is InChI=1S/C22H28N2O4S/c1-2-16-28-21-9-5-4-8-20(21)23-22(25)17-18-10-12-19(13-11-18)29(26,27)24-14-6-3-7-15-24/h4-5,8-13H,2-3,6-7,14-17H2,1H3,(H,23,25). The summed E-state index contributed by atoms with van der Waals surface area (Å²) in [6.07, 6.45) is 3.93. The minimum absolute atomic E-state index is 0.159. The number of amides is 1. The number of hydrogen-bond acceptors (Lipinski definition) is 4. The number of benzene rings is 2. The van der Waals surface area contributed by atoms with Gasteiger partial charge < -0.3 is 10.1 Å². The second-order valence-corrected chi connectivity index (χ2v) is 9.12. The van der Waals surface area contributed by atoms with Gasteiger partial charge in [-0.3, -0.25) is 4.79 Å². The first-order chi connectivity index (χ1) is 14.0. The fourth-order valence-corrected chi connectivity index (χ4v) is 4.84. The molecule has 1 heterocycles. The summed E-state index contributed by atoms with van der Waals surface area (Å²) < 4.78 is 32.6. The molecule has 0 aliphatic carbocycles. The molecule has 1 aliphatic rings. The SMILES string of the molecule is CCCOc1ccccc1NC(=O)Cc1ccc(S(=O)(=O)N2CCCCC2)cc1.